The molecular weight excluding hydrogens is 276 g/mol. The average Bonchev–Trinajstić information content (AvgIpc) is 3.19. The highest BCUT2D eigenvalue weighted by atomic mass is 32.1. The van der Waals surface area contributed by atoms with Crippen LogP contribution in [0.15, 0.2) is 15.9 Å². The van der Waals surface area contributed by atoms with Gasteiger partial charge in [0, 0.05) is 0 Å². The molecule has 1 aliphatic rings. The van der Waals surface area contributed by atoms with E-state index in [1.165, 1.54) is 11.3 Å². The normalized spacial score (nSPS) is 18.4. The minimum atomic E-state index is -0.188. The topological polar surface area (TPSA) is 80.0 Å². The molecular formula is C13H16N4O2S. The number of thiophene rings is 1. The summed E-state index contributed by atoms with van der Waals surface area (Å²) in [4.78, 5) is 12.8. The summed E-state index contributed by atoms with van der Waals surface area (Å²) in [5.74, 6) is 0.353. The first-order valence-electron chi connectivity index (χ1n) is 6.72. The van der Waals surface area contributed by atoms with Gasteiger partial charge in [0.25, 0.3) is 5.91 Å². The smallest absolute Gasteiger partial charge is 0.322 e. The van der Waals surface area contributed by atoms with E-state index in [0.29, 0.717) is 10.8 Å². The van der Waals surface area contributed by atoms with Crippen molar-refractivity contribution in [3.63, 3.8) is 0 Å². The Morgan fingerprint density at radius 1 is 1.60 bits per heavy atom. The standard InChI is InChI=1S/C13H16N4O2S/c1-2-8-5-7-20-10(8)11(18)15-13-17-16-12(19-13)9-4-3-6-14-9/h5,7,9,14H,2-4,6H2,1H3,(H,15,17,18). The minimum Gasteiger partial charge on any atom is -0.406 e. The van der Waals surface area contributed by atoms with Crippen molar-refractivity contribution >= 4 is 23.3 Å². The minimum absolute atomic E-state index is 0.112. The molecule has 1 saturated heterocycles. The van der Waals surface area contributed by atoms with Gasteiger partial charge in [0.05, 0.1) is 10.9 Å². The first kappa shape index (κ1) is 13.3. The molecule has 3 rings (SSSR count). The zero-order chi connectivity index (χ0) is 13.9. The van der Waals surface area contributed by atoms with E-state index in [1.807, 2.05) is 18.4 Å². The Bertz CT molecular complexity index is 601. The fourth-order valence-corrected chi connectivity index (χ4v) is 3.18. The first-order chi connectivity index (χ1) is 9.78. The Morgan fingerprint density at radius 2 is 2.50 bits per heavy atom. The molecule has 1 atom stereocenters. The van der Waals surface area contributed by atoms with E-state index in [9.17, 15) is 4.79 Å². The second kappa shape index (κ2) is 5.72. The van der Waals surface area contributed by atoms with Crippen LogP contribution >= 0.6 is 11.3 Å². The predicted molar refractivity (Wildman–Crippen MR) is 75.9 cm³/mol. The van der Waals surface area contributed by atoms with Gasteiger partial charge in [0.15, 0.2) is 0 Å². The van der Waals surface area contributed by atoms with Crippen LogP contribution in [0.1, 0.15) is 46.9 Å². The van der Waals surface area contributed by atoms with Gasteiger partial charge in [-0.05, 0) is 42.8 Å². The van der Waals surface area contributed by atoms with Crippen LogP contribution in [0, 0.1) is 0 Å². The predicted octanol–water partition coefficient (Wildman–Crippen LogP) is 2.37. The molecule has 2 aromatic heterocycles. The van der Waals surface area contributed by atoms with Crippen molar-refractivity contribution in [1.29, 1.82) is 0 Å². The van der Waals surface area contributed by atoms with Crippen LogP contribution in [0.3, 0.4) is 0 Å². The summed E-state index contributed by atoms with van der Waals surface area (Å²) in [5, 5.41) is 15.7. The number of hydrogen-bond donors (Lipinski definition) is 2. The molecule has 0 saturated carbocycles. The zero-order valence-electron chi connectivity index (χ0n) is 11.2. The summed E-state index contributed by atoms with van der Waals surface area (Å²) >= 11 is 1.42. The Labute approximate surface area is 120 Å². The summed E-state index contributed by atoms with van der Waals surface area (Å²) in [6.45, 7) is 2.99. The van der Waals surface area contributed by atoms with Gasteiger partial charge >= 0.3 is 6.01 Å². The number of nitrogens with one attached hydrogen (secondary N) is 2. The van der Waals surface area contributed by atoms with Gasteiger partial charge in [-0.25, -0.2) is 0 Å². The van der Waals surface area contributed by atoms with Crippen LogP contribution in [0.5, 0.6) is 0 Å². The van der Waals surface area contributed by atoms with E-state index >= 15 is 0 Å². The monoisotopic (exact) mass is 292 g/mol. The van der Waals surface area contributed by atoms with E-state index in [4.69, 9.17) is 4.42 Å². The van der Waals surface area contributed by atoms with Gasteiger partial charge in [-0.3, -0.25) is 10.1 Å². The van der Waals surface area contributed by atoms with Gasteiger partial charge < -0.3 is 9.73 Å². The maximum atomic E-state index is 12.1. The number of aryl methyl sites for hydroxylation is 1. The average molecular weight is 292 g/mol. The maximum absolute atomic E-state index is 12.1. The highest BCUT2D eigenvalue weighted by Crippen LogP contribution is 2.24. The number of aromatic nitrogens is 2. The highest BCUT2D eigenvalue weighted by Gasteiger charge is 2.23. The maximum Gasteiger partial charge on any atom is 0.322 e. The third kappa shape index (κ3) is 2.59. The van der Waals surface area contributed by atoms with Gasteiger partial charge in [-0.15, -0.1) is 16.4 Å². The van der Waals surface area contributed by atoms with Gasteiger partial charge in [0.1, 0.15) is 0 Å². The van der Waals surface area contributed by atoms with Crippen molar-refractivity contribution in [1.82, 2.24) is 15.5 Å². The Balaban J connectivity index is 1.70. The summed E-state index contributed by atoms with van der Waals surface area (Å²) in [5.41, 5.74) is 1.03. The fourth-order valence-electron chi connectivity index (χ4n) is 2.29. The number of hydrogen-bond acceptors (Lipinski definition) is 6. The fraction of sp³-hybridized carbons (Fsp3) is 0.462. The molecule has 106 valence electrons. The van der Waals surface area contributed by atoms with Crippen molar-refractivity contribution in [2.75, 3.05) is 11.9 Å². The molecule has 1 aliphatic heterocycles. The van der Waals surface area contributed by atoms with Crippen molar-refractivity contribution < 1.29 is 9.21 Å². The third-order valence-corrected chi connectivity index (χ3v) is 4.31. The van der Waals surface area contributed by atoms with E-state index in [-0.39, 0.29) is 18.0 Å². The zero-order valence-corrected chi connectivity index (χ0v) is 12.0. The third-order valence-electron chi connectivity index (χ3n) is 3.35. The van der Waals surface area contributed by atoms with Crippen molar-refractivity contribution in [3.05, 3.63) is 27.8 Å². The van der Waals surface area contributed by atoms with E-state index in [2.05, 4.69) is 20.8 Å². The number of amides is 1. The molecule has 1 fully saturated rings. The van der Waals surface area contributed by atoms with Crippen molar-refractivity contribution in [2.45, 2.75) is 32.2 Å². The number of carbonyl (C=O) groups excluding carboxylic acids is 1. The lowest BCUT2D eigenvalue weighted by atomic mass is 10.2. The van der Waals surface area contributed by atoms with Crippen LogP contribution in [0.4, 0.5) is 6.01 Å². The Morgan fingerprint density at radius 3 is 3.25 bits per heavy atom. The largest absolute Gasteiger partial charge is 0.406 e. The molecule has 0 radical (unpaired) electrons. The van der Waals surface area contributed by atoms with E-state index in [0.717, 1.165) is 31.4 Å². The number of anilines is 1. The van der Waals surface area contributed by atoms with Gasteiger partial charge in [-0.1, -0.05) is 12.0 Å². The molecule has 6 nitrogen and oxygen atoms in total. The molecule has 7 heteroatoms. The van der Waals surface area contributed by atoms with E-state index in [1.54, 1.807) is 0 Å². The first-order valence-corrected chi connectivity index (χ1v) is 7.60. The van der Waals surface area contributed by atoms with Crippen LogP contribution in [-0.4, -0.2) is 22.6 Å². The number of carbonyl (C=O) groups is 1. The lowest BCUT2D eigenvalue weighted by molar-refractivity contribution is 0.102. The highest BCUT2D eigenvalue weighted by molar-refractivity contribution is 7.12. The summed E-state index contributed by atoms with van der Waals surface area (Å²) < 4.78 is 5.50. The lowest BCUT2D eigenvalue weighted by Crippen LogP contribution is -2.13. The van der Waals surface area contributed by atoms with Gasteiger partial charge in [-0.2, -0.15) is 0 Å². The molecule has 20 heavy (non-hydrogen) atoms. The Hall–Kier alpha value is -1.73. The van der Waals surface area contributed by atoms with E-state index < -0.39 is 0 Å². The van der Waals surface area contributed by atoms with Gasteiger partial charge in [0.2, 0.25) is 5.89 Å². The summed E-state index contributed by atoms with van der Waals surface area (Å²) in [6, 6.07) is 2.23. The molecule has 3 heterocycles. The van der Waals surface area contributed by atoms with Crippen LogP contribution in [0.2, 0.25) is 0 Å². The van der Waals surface area contributed by atoms with Crippen LogP contribution < -0.4 is 10.6 Å². The quantitative estimate of drug-likeness (QED) is 0.904. The van der Waals surface area contributed by atoms with Crippen molar-refractivity contribution in [3.8, 4) is 0 Å². The second-order valence-electron chi connectivity index (χ2n) is 4.68. The molecule has 1 unspecified atom stereocenters. The number of nitrogens with zero attached hydrogens (tertiary/aromatic N) is 2. The summed E-state index contributed by atoms with van der Waals surface area (Å²) in [7, 11) is 0. The SMILES string of the molecule is CCc1ccsc1C(=O)Nc1nnc(C2CCCN2)o1. The molecule has 0 aromatic carbocycles. The molecule has 2 N–H and O–H groups in total. The molecule has 0 bridgehead atoms. The number of rotatable bonds is 4. The Kier molecular flexibility index (Phi) is 3.79. The molecule has 1 amide bonds. The molecule has 0 spiro atoms. The summed E-state index contributed by atoms with van der Waals surface area (Å²) in [6.07, 6.45) is 2.91. The second-order valence-corrected chi connectivity index (χ2v) is 5.59. The lowest BCUT2D eigenvalue weighted by Gasteiger charge is -2.03. The van der Waals surface area contributed by atoms with Crippen molar-refractivity contribution in [2.24, 2.45) is 0 Å². The molecule has 0 aliphatic carbocycles. The van der Waals surface area contributed by atoms with Crippen LogP contribution in [-0.2, 0) is 6.42 Å². The molecule has 2 aromatic rings. The van der Waals surface area contributed by atoms with Crippen LogP contribution in [0.25, 0.3) is 0 Å².